The second-order valence-electron chi connectivity index (χ2n) is 7.78. The van der Waals surface area contributed by atoms with E-state index in [2.05, 4.69) is 10.6 Å². The molecule has 0 heterocycles. The van der Waals surface area contributed by atoms with Crippen molar-refractivity contribution in [1.82, 2.24) is 10.6 Å². The second kappa shape index (κ2) is 7.48. The van der Waals surface area contributed by atoms with E-state index >= 15 is 0 Å². The molecule has 0 aromatic heterocycles. The van der Waals surface area contributed by atoms with Gasteiger partial charge in [-0.15, -0.1) is 0 Å². The normalized spacial score (nSPS) is 27.6. The molecule has 2 aliphatic carbocycles. The van der Waals surface area contributed by atoms with Crippen LogP contribution in [0.4, 0.5) is 4.79 Å². The molecule has 0 atom stereocenters. The van der Waals surface area contributed by atoms with E-state index in [0.717, 1.165) is 25.3 Å². The molecule has 0 aromatic carbocycles. The van der Waals surface area contributed by atoms with Gasteiger partial charge in [-0.25, -0.2) is 4.79 Å². The predicted octanol–water partition coefficient (Wildman–Crippen LogP) is 3.60. The van der Waals surface area contributed by atoms with E-state index in [-0.39, 0.29) is 12.1 Å². The quantitative estimate of drug-likeness (QED) is 0.779. The molecule has 4 nitrogen and oxygen atoms in total. The van der Waals surface area contributed by atoms with Crippen molar-refractivity contribution < 1.29 is 9.53 Å². The first-order valence-corrected chi connectivity index (χ1v) is 8.65. The van der Waals surface area contributed by atoms with E-state index in [4.69, 9.17) is 4.74 Å². The number of amides is 1. The molecule has 0 spiro atoms. The first-order chi connectivity index (χ1) is 9.92. The number of carbonyl (C=O) groups excluding carboxylic acids is 1. The Morgan fingerprint density at radius 2 is 1.67 bits per heavy atom. The lowest BCUT2D eigenvalue weighted by atomic mass is 9.86. The van der Waals surface area contributed by atoms with Crippen LogP contribution in [0, 0.1) is 5.92 Å². The summed E-state index contributed by atoms with van der Waals surface area (Å²) in [7, 11) is 0. The molecule has 0 unspecified atom stereocenters. The van der Waals surface area contributed by atoms with E-state index in [0.29, 0.717) is 6.04 Å². The Morgan fingerprint density at radius 1 is 1.05 bits per heavy atom. The Labute approximate surface area is 129 Å². The van der Waals surface area contributed by atoms with Gasteiger partial charge < -0.3 is 15.4 Å². The zero-order valence-corrected chi connectivity index (χ0v) is 13.9. The van der Waals surface area contributed by atoms with Crippen molar-refractivity contribution in [2.75, 3.05) is 6.54 Å². The second-order valence-corrected chi connectivity index (χ2v) is 7.78. The van der Waals surface area contributed by atoms with Crippen LogP contribution in [0.2, 0.25) is 0 Å². The van der Waals surface area contributed by atoms with Crippen molar-refractivity contribution in [2.45, 2.75) is 89.8 Å². The fourth-order valence-corrected chi connectivity index (χ4v) is 3.28. The van der Waals surface area contributed by atoms with Gasteiger partial charge in [-0.05, 0) is 58.9 Å². The minimum atomic E-state index is -0.412. The average Bonchev–Trinajstić information content (AvgIpc) is 2.58. The number of ether oxygens (including phenoxy) is 1. The summed E-state index contributed by atoms with van der Waals surface area (Å²) < 4.78 is 5.28. The Hall–Kier alpha value is -0.770. The van der Waals surface area contributed by atoms with E-state index < -0.39 is 5.60 Å². The fraction of sp³-hybridized carbons (Fsp3) is 0.941. The SMILES string of the molecule is CC(C)(C)OC(=O)NC1CC(NCC2CCCCCC2)C1. The van der Waals surface area contributed by atoms with Crippen molar-refractivity contribution in [1.29, 1.82) is 0 Å². The molecule has 0 radical (unpaired) electrons. The molecule has 21 heavy (non-hydrogen) atoms. The fourth-order valence-electron chi connectivity index (χ4n) is 3.28. The van der Waals surface area contributed by atoms with Crippen molar-refractivity contribution in [2.24, 2.45) is 5.92 Å². The highest BCUT2D eigenvalue weighted by atomic mass is 16.6. The Balaban J connectivity index is 1.55. The Bertz CT molecular complexity index is 324. The molecule has 0 bridgehead atoms. The standard InChI is InChI=1S/C17H32N2O2/c1-17(2,3)21-16(20)19-15-10-14(11-15)18-12-13-8-6-4-5-7-9-13/h13-15,18H,4-12H2,1-3H3,(H,19,20). The first-order valence-electron chi connectivity index (χ1n) is 8.65. The van der Waals surface area contributed by atoms with Gasteiger partial charge in [0.05, 0.1) is 0 Å². The number of carbonyl (C=O) groups is 1. The average molecular weight is 296 g/mol. The maximum Gasteiger partial charge on any atom is 0.407 e. The number of nitrogens with one attached hydrogen (secondary N) is 2. The number of alkyl carbamates (subject to hydrolysis) is 1. The van der Waals surface area contributed by atoms with E-state index in [9.17, 15) is 4.79 Å². The van der Waals surface area contributed by atoms with Crippen molar-refractivity contribution in [3.8, 4) is 0 Å². The van der Waals surface area contributed by atoms with Gasteiger partial charge in [0.1, 0.15) is 5.60 Å². The molecule has 2 N–H and O–H groups in total. The van der Waals surface area contributed by atoms with Crippen LogP contribution in [-0.2, 0) is 4.74 Å². The lowest BCUT2D eigenvalue weighted by Gasteiger charge is -2.37. The summed E-state index contributed by atoms with van der Waals surface area (Å²) in [6.45, 7) is 6.84. The van der Waals surface area contributed by atoms with Crippen LogP contribution in [-0.4, -0.2) is 30.3 Å². The van der Waals surface area contributed by atoms with Crippen LogP contribution in [0.15, 0.2) is 0 Å². The molecular formula is C17H32N2O2. The zero-order chi connectivity index (χ0) is 15.3. The van der Waals surface area contributed by atoms with Gasteiger partial charge in [-0.3, -0.25) is 0 Å². The molecule has 1 amide bonds. The van der Waals surface area contributed by atoms with Crippen LogP contribution < -0.4 is 10.6 Å². The van der Waals surface area contributed by atoms with Gasteiger partial charge in [0.2, 0.25) is 0 Å². The van der Waals surface area contributed by atoms with Crippen LogP contribution >= 0.6 is 0 Å². The van der Waals surface area contributed by atoms with Gasteiger partial charge in [0.25, 0.3) is 0 Å². The third-order valence-electron chi connectivity index (χ3n) is 4.53. The molecule has 0 saturated heterocycles. The Morgan fingerprint density at radius 3 is 2.24 bits per heavy atom. The van der Waals surface area contributed by atoms with Gasteiger partial charge in [-0.2, -0.15) is 0 Å². The minimum Gasteiger partial charge on any atom is -0.444 e. The van der Waals surface area contributed by atoms with Gasteiger partial charge in [0, 0.05) is 12.1 Å². The lowest BCUT2D eigenvalue weighted by molar-refractivity contribution is 0.0464. The van der Waals surface area contributed by atoms with E-state index in [1.807, 2.05) is 20.8 Å². The zero-order valence-electron chi connectivity index (χ0n) is 13.9. The molecule has 2 fully saturated rings. The first kappa shape index (κ1) is 16.6. The third kappa shape index (κ3) is 6.25. The van der Waals surface area contributed by atoms with Crippen LogP contribution in [0.5, 0.6) is 0 Å². The molecule has 0 aromatic rings. The minimum absolute atomic E-state index is 0.283. The highest BCUT2D eigenvalue weighted by Gasteiger charge is 2.31. The van der Waals surface area contributed by atoms with Gasteiger partial charge in [0.15, 0.2) is 0 Å². The Kier molecular flexibility index (Phi) is 5.91. The summed E-state index contributed by atoms with van der Waals surface area (Å²) in [5, 5.41) is 6.63. The number of hydrogen-bond acceptors (Lipinski definition) is 3. The number of rotatable bonds is 4. The lowest BCUT2D eigenvalue weighted by Crippen LogP contribution is -2.53. The van der Waals surface area contributed by atoms with Crippen LogP contribution in [0.1, 0.15) is 72.1 Å². The van der Waals surface area contributed by atoms with Crippen LogP contribution in [0.3, 0.4) is 0 Å². The summed E-state index contributed by atoms with van der Waals surface area (Å²) in [5.41, 5.74) is -0.412. The maximum atomic E-state index is 11.7. The van der Waals surface area contributed by atoms with Gasteiger partial charge >= 0.3 is 6.09 Å². The molecule has 4 heteroatoms. The predicted molar refractivity (Wildman–Crippen MR) is 85.4 cm³/mol. The van der Waals surface area contributed by atoms with E-state index in [1.54, 1.807) is 0 Å². The summed E-state index contributed by atoms with van der Waals surface area (Å²) in [5.74, 6) is 0.866. The molecule has 2 rings (SSSR count). The molecule has 2 saturated carbocycles. The molecule has 122 valence electrons. The summed E-state index contributed by atoms with van der Waals surface area (Å²) in [6, 6.07) is 0.861. The van der Waals surface area contributed by atoms with E-state index in [1.165, 1.54) is 38.5 Å². The molecule has 0 aliphatic heterocycles. The molecular weight excluding hydrogens is 264 g/mol. The smallest absolute Gasteiger partial charge is 0.407 e. The monoisotopic (exact) mass is 296 g/mol. The summed E-state index contributed by atoms with van der Waals surface area (Å²) in [4.78, 5) is 11.7. The highest BCUT2D eigenvalue weighted by Crippen LogP contribution is 2.24. The third-order valence-corrected chi connectivity index (χ3v) is 4.53. The summed E-state index contributed by atoms with van der Waals surface area (Å²) in [6.07, 6.45) is 10.2. The van der Waals surface area contributed by atoms with Crippen molar-refractivity contribution in [3.63, 3.8) is 0 Å². The summed E-state index contributed by atoms with van der Waals surface area (Å²) >= 11 is 0. The number of hydrogen-bond donors (Lipinski definition) is 2. The van der Waals surface area contributed by atoms with Crippen LogP contribution in [0.25, 0.3) is 0 Å². The molecule has 2 aliphatic rings. The largest absolute Gasteiger partial charge is 0.444 e. The van der Waals surface area contributed by atoms with Crippen molar-refractivity contribution >= 4 is 6.09 Å². The maximum absolute atomic E-state index is 11.7. The highest BCUT2D eigenvalue weighted by molar-refractivity contribution is 5.68. The topological polar surface area (TPSA) is 50.4 Å². The van der Waals surface area contributed by atoms with Gasteiger partial charge in [-0.1, -0.05) is 25.7 Å². The van der Waals surface area contributed by atoms with Crippen molar-refractivity contribution in [3.05, 3.63) is 0 Å².